The van der Waals surface area contributed by atoms with Gasteiger partial charge >= 0.3 is 5.97 Å². The lowest BCUT2D eigenvalue weighted by atomic mass is 9.88. The summed E-state index contributed by atoms with van der Waals surface area (Å²) in [6, 6.07) is -2.61. The Hall–Kier alpha value is -2.53. The fourth-order valence-corrected chi connectivity index (χ4v) is 12.7. The molecule has 0 radical (unpaired) electrons. The number of aliphatic carboxylic acids is 1. The van der Waals surface area contributed by atoms with E-state index in [2.05, 4.69) is 24.5 Å². The highest BCUT2D eigenvalue weighted by Crippen LogP contribution is 2.39. The van der Waals surface area contributed by atoms with Crippen molar-refractivity contribution in [2.75, 3.05) is 26.4 Å². The van der Waals surface area contributed by atoms with Gasteiger partial charge in [0.05, 0.1) is 50.7 Å². The standard InChI is InChI=1S/C69H128N2O21/c1-4-6-8-10-12-14-16-18-19-20-21-22-23-24-25-26-27-28-29-30-31-33-35-37-39-41-43-56(79)71-50(51(76)42-40-38-36-34-32-17-15-13-11-9-7-5-2)48-87-66-61(83)60(82)63(55(47-74)89-66)90-67-62(84)65(59(81)54(46-73)88-67)92-69(68(85)86)44-52(77)57(70-49(3)75)64(91-69)58(80)53(78)45-72/h40,42,50-55,57-67,72-74,76-78,80-84H,4-39,41,43-48H2,1-3H3,(H,70,75)(H,71,79)(H,85,86)/b42-40+. The molecule has 3 aliphatic heterocycles. The van der Waals surface area contributed by atoms with E-state index in [1.165, 1.54) is 180 Å². The molecule has 0 aromatic rings. The van der Waals surface area contributed by atoms with Crippen molar-refractivity contribution in [2.24, 2.45) is 0 Å². The number of aliphatic hydroxyl groups excluding tert-OH is 11. The van der Waals surface area contributed by atoms with E-state index in [-0.39, 0.29) is 12.3 Å². The van der Waals surface area contributed by atoms with Crippen LogP contribution >= 0.6 is 0 Å². The summed E-state index contributed by atoms with van der Waals surface area (Å²) in [5, 5.41) is 136. The fourth-order valence-electron chi connectivity index (χ4n) is 12.7. The van der Waals surface area contributed by atoms with E-state index < -0.39 is 155 Å². The molecule has 23 heteroatoms. The van der Waals surface area contributed by atoms with Gasteiger partial charge in [-0.2, -0.15) is 0 Å². The van der Waals surface area contributed by atoms with Crippen LogP contribution in [-0.2, 0) is 42.8 Å². The van der Waals surface area contributed by atoms with Gasteiger partial charge in [0.2, 0.25) is 11.8 Å². The predicted molar refractivity (Wildman–Crippen MR) is 348 cm³/mol. The second kappa shape index (κ2) is 49.9. The molecule has 3 aliphatic rings. The minimum absolute atomic E-state index is 0.205. The third-order valence-corrected chi connectivity index (χ3v) is 18.5. The van der Waals surface area contributed by atoms with Crippen molar-refractivity contribution in [1.82, 2.24) is 10.6 Å². The molecule has 0 aromatic carbocycles. The Morgan fingerprint density at radius 2 is 1.01 bits per heavy atom. The number of carbonyl (C=O) groups excluding carboxylic acids is 2. The van der Waals surface area contributed by atoms with Gasteiger partial charge in [0.1, 0.15) is 67.1 Å². The smallest absolute Gasteiger partial charge is 0.364 e. The Kier molecular flexibility index (Phi) is 45.4. The van der Waals surface area contributed by atoms with Crippen LogP contribution in [-0.4, -0.2) is 215 Å². The average Bonchev–Trinajstić information content (AvgIpc) is 0.765. The molecule has 23 nitrogen and oxygen atoms in total. The molecule has 14 N–H and O–H groups in total. The molecule has 3 fully saturated rings. The zero-order valence-corrected chi connectivity index (χ0v) is 56.4. The number of hydrogen-bond acceptors (Lipinski definition) is 20. The molecule has 2 amide bonds. The summed E-state index contributed by atoms with van der Waals surface area (Å²) in [5.74, 6) is -6.13. The van der Waals surface area contributed by atoms with Crippen LogP contribution in [0.15, 0.2) is 12.2 Å². The highest BCUT2D eigenvalue weighted by molar-refractivity contribution is 5.77. The summed E-state index contributed by atoms with van der Waals surface area (Å²) in [7, 11) is 0. The lowest BCUT2D eigenvalue weighted by molar-refractivity contribution is -0.386. The molecule has 18 unspecified atom stereocenters. The maximum absolute atomic E-state index is 13.5. The molecular weight excluding hydrogens is 1190 g/mol. The number of carbonyl (C=O) groups is 3. The molecule has 0 bridgehead atoms. The lowest BCUT2D eigenvalue weighted by Gasteiger charge is -2.50. The lowest BCUT2D eigenvalue weighted by Crippen LogP contribution is -2.70. The zero-order valence-electron chi connectivity index (χ0n) is 56.4. The summed E-state index contributed by atoms with van der Waals surface area (Å²) in [6.07, 6.45) is 19.9. The minimum atomic E-state index is -3.08. The molecule has 3 heterocycles. The van der Waals surface area contributed by atoms with E-state index in [1.54, 1.807) is 6.08 Å². The van der Waals surface area contributed by atoms with Crippen molar-refractivity contribution in [3.63, 3.8) is 0 Å². The first kappa shape index (κ1) is 83.7. The van der Waals surface area contributed by atoms with Gasteiger partial charge in [-0.25, -0.2) is 4.79 Å². The number of unbranched alkanes of at least 4 members (excludes halogenated alkanes) is 35. The summed E-state index contributed by atoms with van der Waals surface area (Å²) >= 11 is 0. The molecule has 0 aliphatic carbocycles. The number of rotatable bonds is 55. The predicted octanol–water partition coefficient (Wildman–Crippen LogP) is 7.07. The van der Waals surface area contributed by atoms with E-state index in [4.69, 9.17) is 28.4 Å². The number of aliphatic hydroxyl groups is 11. The maximum Gasteiger partial charge on any atom is 0.364 e. The molecule has 540 valence electrons. The second-order valence-electron chi connectivity index (χ2n) is 26.5. The van der Waals surface area contributed by atoms with Gasteiger partial charge in [-0.1, -0.05) is 244 Å². The van der Waals surface area contributed by atoms with Crippen LogP contribution in [0.1, 0.15) is 271 Å². The van der Waals surface area contributed by atoms with Crippen molar-refractivity contribution >= 4 is 17.8 Å². The van der Waals surface area contributed by atoms with Crippen LogP contribution in [0.2, 0.25) is 0 Å². The second-order valence-corrected chi connectivity index (χ2v) is 26.5. The number of allylic oxidation sites excluding steroid dienone is 1. The van der Waals surface area contributed by atoms with Gasteiger partial charge in [0.15, 0.2) is 12.6 Å². The average molecular weight is 1320 g/mol. The van der Waals surface area contributed by atoms with Crippen LogP contribution in [0.3, 0.4) is 0 Å². The number of hydrogen-bond donors (Lipinski definition) is 14. The summed E-state index contributed by atoms with van der Waals surface area (Å²) in [6.45, 7) is 2.14. The van der Waals surface area contributed by atoms with E-state index in [0.717, 1.165) is 51.9 Å². The van der Waals surface area contributed by atoms with E-state index >= 15 is 0 Å². The van der Waals surface area contributed by atoms with Gasteiger partial charge in [-0.05, 0) is 19.3 Å². The van der Waals surface area contributed by atoms with E-state index in [9.17, 15) is 75.7 Å². The first-order valence-electron chi connectivity index (χ1n) is 36.1. The van der Waals surface area contributed by atoms with Crippen LogP contribution in [0, 0.1) is 0 Å². The normalized spacial score (nSPS) is 28.3. The third kappa shape index (κ3) is 31.8. The molecule has 18 atom stereocenters. The van der Waals surface area contributed by atoms with Crippen molar-refractivity contribution in [3.05, 3.63) is 12.2 Å². The largest absolute Gasteiger partial charge is 0.477 e. The first-order chi connectivity index (χ1) is 44.4. The summed E-state index contributed by atoms with van der Waals surface area (Å²) in [4.78, 5) is 38.5. The SMILES string of the molecule is CCCCCCCCCCCC/C=C/C(O)C(COC1OC(CO)C(OC2OC(CO)C(O)C(OC3(C(=O)O)CC(O)C(NC(C)=O)C(C(O)C(O)CO)O3)C2O)C(O)C1O)NC(=O)CCCCCCCCCCCCCCCCCCCCCCCCCCCC. The number of nitrogens with one attached hydrogen (secondary N) is 2. The number of carboxylic acid groups (broad SMARTS) is 1. The van der Waals surface area contributed by atoms with Crippen molar-refractivity contribution in [1.29, 1.82) is 0 Å². The number of carboxylic acids is 1. The number of ether oxygens (including phenoxy) is 6. The quantitative estimate of drug-likeness (QED) is 0.0214. The summed E-state index contributed by atoms with van der Waals surface area (Å²) < 4.78 is 34.8. The van der Waals surface area contributed by atoms with Gasteiger partial charge in [0.25, 0.3) is 5.79 Å². The Morgan fingerprint density at radius 3 is 1.45 bits per heavy atom. The molecule has 0 spiro atoms. The Balaban J connectivity index is 1.53. The molecule has 0 saturated carbocycles. The van der Waals surface area contributed by atoms with Crippen molar-refractivity contribution < 1.29 is 104 Å². The molecule has 92 heavy (non-hydrogen) atoms. The van der Waals surface area contributed by atoms with Crippen LogP contribution < -0.4 is 10.6 Å². The third-order valence-electron chi connectivity index (χ3n) is 18.5. The van der Waals surface area contributed by atoms with Crippen LogP contribution in [0.25, 0.3) is 0 Å². The topological polar surface area (TPSA) is 373 Å². The fraction of sp³-hybridized carbons (Fsp3) is 0.928. The van der Waals surface area contributed by atoms with Crippen molar-refractivity contribution in [3.8, 4) is 0 Å². The van der Waals surface area contributed by atoms with Crippen LogP contribution in [0.4, 0.5) is 0 Å². The molecule has 3 rings (SSSR count). The van der Waals surface area contributed by atoms with Crippen molar-refractivity contribution in [2.45, 2.75) is 381 Å². The van der Waals surface area contributed by atoms with Gasteiger partial charge in [-0.3, -0.25) is 9.59 Å². The molecule has 3 saturated heterocycles. The van der Waals surface area contributed by atoms with Crippen LogP contribution in [0.5, 0.6) is 0 Å². The Bertz CT molecular complexity index is 1910. The zero-order chi connectivity index (χ0) is 67.5. The van der Waals surface area contributed by atoms with Gasteiger partial charge in [-0.15, -0.1) is 0 Å². The minimum Gasteiger partial charge on any atom is -0.477 e. The van der Waals surface area contributed by atoms with Gasteiger partial charge in [0, 0.05) is 19.8 Å². The van der Waals surface area contributed by atoms with E-state index in [1.807, 2.05) is 6.08 Å². The Labute approximate surface area is 550 Å². The number of amides is 2. The maximum atomic E-state index is 13.5. The summed E-state index contributed by atoms with van der Waals surface area (Å²) in [5.41, 5.74) is 0. The Morgan fingerprint density at radius 1 is 0.565 bits per heavy atom. The first-order valence-corrected chi connectivity index (χ1v) is 36.1. The molecule has 0 aromatic heterocycles. The monoisotopic (exact) mass is 1320 g/mol. The highest BCUT2D eigenvalue weighted by atomic mass is 16.8. The molecular formula is C69H128N2O21. The van der Waals surface area contributed by atoms with E-state index in [0.29, 0.717) is 12.8 Å². The highest BCUT2D eigenvalue weighted by Gasteiger charge is 2.60. The van der Waals surface area contributed by atoms with Gasteiger partial charge < -0.3 is 100 Å².